The molecule has 3 atom stereocenters. The van der Waals surface area contributed by atoms with Crippen molar-refractivity contribution >= 4 is 44.8 Å². The molecular formula is C43H51F2N7O7S. The summed E-state index contributed by atoms with van der Waals surface area (Å²) < 4.78 is 45.3. The number of hydrogen-bond acceptors (Lipinski definition) is 11. The first-order chi connectivity index (χ1) is 28.6. The average Bonchev–Trinajstić information content (AvgIpc) is 3.81. The summed E-state index contributed by atoms with van der Waals surface area (Å²) in [5.74, 6) is -3.19. The lowest BCUT2D eigenvalue weighted by molar-refractivity contribution is -0.132. The quantitative estimate of drug-likeness (QED) is 0.214. The zero-order chi connectivity index (χ0) is 42.6. The van der Waals surface area contributed by atoms with Crippen LogP contribution in [-0.4, -0.2) is 127 Å². The Kier molecular flexibility index (Phi) is 11.4. The number of pyridine rings is 1. The van der Waals surface area contributed by atoms with E-state index < -0.39 is 36.7 Å². The summed E-state index contributed by atoms with van der Waals surface area (Å²) in [6.07, 6.45) is 2.96. The number of piperidine rings is 3. The molecule has 0 spiro atoms. The minimum absolute atomic E-state index is 0.0666. The van der Waals surface area contributed by atoms with Gasteiger partial charge in [-0.05, 0) is 87.7 Å². The molecule has 60 heavy (non-hydrogen) atoms. The summed E-state index contributed by atoms with van der Waals surface area (Å²) in [5.41, 5.74) is 4.23. The van der Waals surface area contributed by atoms with Gasteiger partial charge in [0.2, 0.25) is 5.91 Å². The van der Waals surface area contributed by atoms with E-state index in [0.717, 1.165) is 28.2 Å². The first-order valence-electron chi connectivity index (χ1n) is 20.3. The monoisotopic (exact) mass is 847 g/mol. The number of rotatable bonds is 10. The Morgan fingerprint density at radius 3 is 2.35 bits per heavy atom. The molecule has 3 fully saturated rings. The van der Waals surface area contributed by atoms with Gasteiger partial charge in [0.05, 0.1) is 42.6 Å². The largest absolute Gasteiger partial charge is 0.496 e. The Morgan fingerprint density at radius 2 is 1.70 bits per heavy atom. The summed E-state index contributed by atoms with van der Waals surface area (Å²) in [7, 11) is 8.68. The highest BCUT2D eigenvalue weighted by atomic mass is 32.1. The molecule has 2 aromatic carbocycles. The maximum Gasteiger partial charge on any atom is 0.280 e. The Hall–Kier alpha value is -5.10. The fraction of sp³-hybridized carbons (Fsp3) is 0.488. The molecule has 3 unspecified atom stereocenters. The van der Waals surface area contributed by atoms with Gasteiger partial charge in [0.15, 0.2) is 0 Å². The van der Waals surface area contributed by atoms with Crippen LogP contribution in [0.2, 0.25) is 0 Å². The van der Waals surface area contributed by atoms with Crippen LogP contribution in [0.5, 0.6) is 11.5 Å². The van der Waals surface area contributed by atoms with Crippen molar-refractivity contribution in [1.82, 2.24) is 29.9 Å². The highest BCUT2D eigenvalue weighted by Gasteiger charge is 2.47. The second-order valence-electron chi connectivity index (χ2n) is 16.6. The number of anilines is 1. The average molecular weight is 848 g/mol. The van der Waals surface area contributed by atoms with E-state index in [0.29, 0.717) is 96.7 Å². The number of thiophene rings is 1. The van der Waals surface area contributed by atoms with Gasteiger partial charge in [-0.25, -0.2) is 8.78 Å². The minimum atomic E-state index is -3.19. The van der Waals surface area contributed by atoms with E-state index >= 15 is 8.78 Å². The number of ether oxygens (including phenoxy) is 2. The highest BCUT2D eigenvalue weighted by Crippen LogP contribution is 2.40. The van der Waals surface area contributed by atoms with Crippen molar-refractivity contribution in [3.63, 3.8) is 0 Å². The number of aromatic nitrogens is 1. The summed E-state index contributed by atoms with van der Waals surface area (Å²) in [4.78, 5) is 60.6. The Balaban J connectivity index is 0.912. The van der Waals surface area contributed by atoms with Crippen LogP contribution in [0.15, 0.2) is 47.4 Å². The Labute approximate surface area is 350 Å². The van der Waals surface area contributed by atoms with Crippen molar-refractivity contribution in [2.45, 2.75) is 75.5 Å². The zero-order valence-electron chi connectivity index (χ0n) is 34.4. The van der Waals surface area contributed by atoms with Crippen LogP contribution in [0.25, 0.3) is 21.2 Å². The predicted molar refractivity (Wildman–Crippen MR) is 224 cm³/mol. The maximum absolute atomic E-state index is 15.9. The molecule has 14 nitrogen and oxygen atoms in total. The number of benzene rings is 2. The lowest BCUT2D eigenvalue weighted by Gasteiger charge is -2.45. The fourth-order valence-electron chi connectivity index (χ4n) is 9.19. The van der Waals surface area contributed by atoms with Gasteiger partial charge in [-0.2, -0.15) is 0 Å². The second kappa shape index (κ2) is 16.4. The maximum atomic E-state index is 15.9. The minimum Gasteiger partial charge on any atom is -0.496 e. The van der Waals surface area contributed by atoms with Crippen LogP contribution in [0.3, 0.4) is 0 Å². The molecule has 0 saturated carbocycles. The SMILES string of the molecule is COc1cc(-c2cn(C)c(=O)c3cc(C(=O)NC4CCN(C5CCN(c6ccc7c(c6)C(=O)N(C6CCC(O)NC6=O)C7)CC5)CC4(F)F)sc23)cc(OC)c1CN(C)C. The second-order valence-corrected chi connectivity index (χ2v) is 17.6. The van der Waals surface area contributed by atoms with E-state index in [1.165, 1.54) is 10.6 Å². The van der Waals surface area contributed by atoms with Crippen molar-refractivity contribution in [1.29, 1.82) is 0 Å². The van der Waals surface area contributed by atoms with Gasteiger partial charge < -0.3 is 44.5 Å². The normalized spacial score (nSPS) is 22.3. The number of likely N-dealkylation sites (tertiary alicyclic amines) is 1. The molecule has 3 amide bonds. The lowest BCUT2D eigenvalue weighted by atomic mass is 9.95. The first kappa shape index (κ1) is 41.6. The predicted octanol–water partition coefficient (Wildman–Crippen LogP) is 4.01. The molecule has 6 heterocycles. The number of nitrogens with one attached hydrogen (secondary N) is 2. The van der Waals surface area contributed by atoms with Gasteiger partial charge in [-0.1, -0.05) is 6.07 Å². The third kappa shape index (κ3) is 7.83. The number of amides is 3. The van der Waals surface area contributed by atoms with Crippen molar-refractivity contribution in [2.24, 2.45) is 7.05 Å². The summed E-state index contributed by atoms with van der Waals surface area (Å²) >= 11 is 1.09. The van der Waals surface area contributed by atoms with Crippen molar-refractivity contribution in [3.8, 4) is 22.6 Å². The topological polar surface area (TPSA) is 149 Å². The number of hydrogen-bond donors (Lipinski definition) is 3. The van der Waals surface area contributed by atoms with E-state index in [-0.39, 0.29) is 34.7 Å². The van der Waals surface area contributed by atoms with Gasteiger partial charge in [-0.3, -0.25) is 24.1 Å². The number of carbonyl (C=O) groups excluding carboxylic acids is 3. The van der Waals surface area contributed by atoms with Gasteiger partial charge in [-0.15, -0.1) is 11.3 Å². The molecule has 0 bridgehead atoms. The molecule has 4 aliphatic rings. The number of aryl methyl sites for hydroxylation is 1. The van der Waals surface area contributed by atoms with Crippen LogP contribution in [0.4, 0.5) is 14.5 Å². The smallest absolute Gasteiger partial charge is 0.280 e. The third-order valence-corrected chi connectivity index (χ3v) is 13.5. The van der Waals surface area contributed by atoms with Crippen LogP contribution in [-0.2, 0) is 24.9 Å². The molecule has 2 aromatic heterocycles. The summed E-state index contributed by atoms with van der Waals surface area (Å²) in [6, 6.07) is 8.92. The van der Waals surface area contributed by atoms with E-state index in [4.69, 9.17) is 9.47 Å². The molecule has 320 valence electrons. The van der Waals surface area contributed by atoms with Crippen LogP contribution < -0.4 is 30.6 Å². The van der Waals surface area contributed by atoms with Gasteiger partial charge >= 0.3 is 0 Å². The molecule has 0 radical (unpaired) electrons. The number of nitrogens with zero attached hydrogens (tertiary/aromatic N) is 5. The van der Waals surface area contributed by atoms with E-state index in [1.807, 2.05) is 54.2 Å². The first-order valence-corrected chi connectivity index (χ1v) is 21.1. The van der Waals surface area contributed by atoms with Crippen molar-refractivity contribution in [2.75, 3.05) is 59.4 Å². The van der Waals surface area contributed by atoms with E-state index in [1.54, 1.807) is 32.4 Å². The van der Waals surface area contributed by atoms with E-state index in [9.17, 15) is 24.3 Å². The molecule has 3 saturated heterocycles. The van der Waals surface area contributed by atoms with Gasteiger partial charge in [0, 0.05) is 73.5 Å². The number of carbonyl (C=O) groups is 3. The molecule has 8 rings (SSSR count). The number of methoxy groups -OCH3 is 2. The Bertz CT molecular complexity index is 2370. The molecular weight excluding hydrogens is 797 g/mol. The molecule has 4 aromatic rings. The zero-order valence-corrected chi connectivity index (χ0v) is 35.2. The van der Waals surface area contributed by atoms with Crippen LogP contribution in [0, 0.1) is 0 Å². The standard InChI is InChI=1S/C43H51F2N7O7S/c1-48(2)21-31-33(58-4)16-25(17-34(31)59-5)30-22-49(3)41(56)29-19-35(60-38(29)30)40(55)46-36-12-15-51(23-43(36,44)45)26-10-13-50(14-11-26)27-7-6-24-20-52(42(57)28(24)18-27)32-8-9-37(53)47-39(32)54/h6-7,16-19,22,26,32,36-37,53H,8-15,20-21,23H2,1-5H3,(H,46,55)(H,47,54). The van der Waals surface area contributed by atoms with Gasteiger partial charge in [0.1, 0.15) is 23.8 Å². The third-order valence-electron chi connectivity index (χ3n) is 12.4. The van der Waals surface area contributed by atoms with Crippen LogP contribution >= 0.6 is 11.3 Å². The fourth-order valence-corrected chi connectivity index (χ4v) is 10.3. The van der Waals surface area contributed by atoms with Crippen molar-refractivity contribution < 1.29 is 37.7 Å². The van der Waals surface area contributed by atoms with Crippen molar-refractivity contribution in [3.05, 3.63) is 74.5 Å². The number of halogens is 2. The summed E-state index contributed by atoms with van der Waals surface area (Å²) in [6.45, 7) is 2.06. The van der Waals surface area contributed by atoms with Gasteiger partial charge in [0.25, 0.3) is 23.3 Å². The number of aliphatic hydroxyl groups is 1. The Morgan fingerprint density at radius 1 is 0.983 bits per heavy atom. The number of aliphatic hydroxyl groups excluding tert-OH is 1. The molecule has 4 aliphatic heterocycles. The molecule has 3 N–H and O–H groups in total. The molecule has 17 heteroatoms. The summed E-state index contributed by atoms with van der Waals surface area (Å²) in [5, 5.41) is 15.2. The van der Waals surface area contributed by atoms with E-state index in [2.05, 4.69) is 15.5 Å². The molecule has 0 aliphatic carbocycles. The van der Waals surface area contributed by atoms with Crippen LogP contribution in [0.1, 0.15) is 63.3 Å². The highest BCUT2D eigenvalue weighted by molar-refractivity contribution is 7.21. The number of alkyl halides is 2. The number of fused-ring (bicyclic) bond motifs is 2. The lowest BCUT2D eigenvalue weighted by Crippen LogP contribution is -2.61.